The van der Waals surface area contributed by atoms with E-state index in [0.29, 0.717) is 6.54 Å². The molecule has 0 aromatic carbocycles. The Morgan fingerprint density at radius 2 is 2.27 bits per heavy atom. The number of H-pyrrole nitrogens is 1. The number of aromatic nitrogens is 3. The smallest absolute Gasteiger partial charge is 0.237 e. The van der Waals surface area contributed by atoms with Crippen LogP contribution in [0.4, 0.5) is 0 Å². The lowest BCUT2D eigenvalue weighted by Crippen LogP contribution is -2.54. The van der Waals surface area contributed by atoms with Crippen LogP contribution in [0.2, 0.25) is 0 Å². The Morgan fingerprint density at radius 3 is 2.87 bits per heavy atom. The minimum Gasteiger partial charge on any atom is -0.353 e. The predicted molar refractivity (Wildman–Crippen MR) is 54.1 cm³/mol. The molecule has 1 aliphatic rings. The van der Waals surface area contributed by atoms with Crippen LogP contribution in [0.15, 0.2) is 0 Å². The van der Waals surface area contributed by atoms with Crippen LogP contribution in [0.1, 0.15) is 30.8 Å². The number of nitrogens with one attached hydrogen (secondary N) is 3. The molecular weight excluding hydrogens is 194 g/mol. The Kier molecular flexibility index (Phi) is 2.68. The Morgan fingerprint density at radius 1 is 1.47 bits per heavy atom. The zero-order chi connectivity index (χ0) is 10.8. The second kappa shape index (κ2) is 3.98. The highest BCUT2D eigenvalue weighted by Crippen LogP contribution is 2.16. The molecule has 0 spiro atoms. The summed E-state index contributed by atoms with van der Waals surface area (Å²) >= 11 is 0. The summed E-state index contributed by atoms with van der Waals surface area (Å²) < 4.78 is 0. The summed E-state index contributed by atoms with van der Waals surface area (Å²) in [5.74, 6) is 0.0647. The van der Waals surface area contributed by atoms with Gasteiger partial charge in [-0.25, -0.2) is 0 Å². The van der Waals surface area contributed by atoms with Gasteiger partial charge >= 0.3 is 0 Å². The molecular formula is C9H15N5O. The number of carbonyl (C=O) groups is 1. The summed E-state index contributed by atoms with van der Waals surface area (Å²) in [5, 5.41) is 16.8. The van der Waals surface area contributed by atoms with Gasteiger partial charge in [0.05, 0.1) is 17.8 Å². The van der Waals surface area contributed by atoms with E-state index in [0.717, 1.165) is 17.8 Å². The Hall–Kier alpha value is -1.43. The van der Waals surface area contributed by atoms with Crippen LogP contribution in [-0.2, 0) is 4.79 Å². The molecule has 2 atom stereocenters. The van der Waals surface area contributed by atoms with Crippen molar-refractivity contribution in [1.29, 1.82) is 0 Å². The van der Waals surface area contributed by atoms with Crippen LogP contribution in [0.25, 0.3) is 0 Å². The van der Waals surface area contributed by atoms with Crippen LogP contribution in [-0.4, -0.2) is 33.9 Å². The highest BCUT2D eigenvalue weighted by atomic mass is 16.2. The molecule has 15 heavy (non-hydrogen) atoms. The van der Waals surface area contributed by atoms with E-state index >= 15 is 0 Å². The van der Waals surface area contributed by atoms with Gasteiger partial charge in [-0.05, 0) is 13.3 Å². The van der Waals surface area contributed by atoms with E-state index in [1.165, 1.54) is 0 Å². The zero-order valence-electron chi connectivity index (χ0n) is 8.87. The van der Waals surface area contributed by atoms with Crippen LogP contribution in [0, 0.1) is 6.92 Å². The monoisotopic (exact) mass is 209 g/mol. The fourth-order valence-corrected chi connectivity index (χ4v) is 1.80. The molecule has 2 unspecified atom stereocenters. The number of rotatable bonds is 2. The Balaban J connectivity index is 2.13. The van der Waals surface area contributed by atoms with Gasteiger partial charge < -0.3 is 5.32 Å². The molecule has 0 aliphatic carbocycles. The fourth-order valence-electron chi connectivity index (χ4n) is 1.80. The molecule has 2 rings (SSSR count). The molecule has 82 valence electrons. The maximum absolute atomic E-state index is 11.4. The van der Waals surface area contributed by atoms with Gasteiger partial charge in [-0.1, -0.05) is 6.92 Å². The Bertz CT molecular complexity index is 361. The quantitative estimate of drug-likeness (QED) is 0.622. The summed E-state index contributed by atoms with van der Waals surface area (Å²) in [6, 6.07) is -0.0637. The number of aromatic amines is 1. The molecule has 2 heterocycles. The average molecular weight is 209 g/mol. The molecule has 1 aliphatic heterocycles. The van der Waals surface area contributed by atoms with Gasteiger partial charge in [0.15, 0.2) is 0 Å². The third kappa shape index (κ3) is 1.85. The van der Waals surface area contributed by atoms with Crippen molar-refractivity contribution in [3.05, 3.63) is 11.4 Å². The molecule has 1 saturated heterocycles. The minimum absolute atomic E-state index is 0.0615. The van der Waals surface area contributed by atoms with Crippen molar-refractivity contribution in [3.8, 4) is 0 Å². The second-order valence-corrected chi connectivity index (χ2v) is 3.72. The summed E-state index contributed by atoms with van der Waals surface area (Å²) in [4.78, 5) is 11.4. The standard InChI is InChI=1S/C9H15N5O/c1-3-6-9(15)10-4-7(11-6)8-5(2)12-14-13-8/h6-7,11H,3-4H2,1-2H3,(H,10,15)(H,12,13,14). The van der Waals surface area contributed by atoms with Gasteiger partial charge in [0.25, 0.3) is 0 Å². The SMILES string of the molecule is CCC1NC(c2n[nH]nc2C)CNC1=O. The first-order valence-electron chi connectivity index (χ1n) is 5.13. The van der Waals surface area contributed by atoms with Gasteiger partial charge in [0.2, 0.25) is 5.91 Å². The van der Waals surface area contributed by atoms with Crippen molar-refractivity contribution in [3.63, 3.8) is 0 Å². The molecule has 1 aromatic heterocycles. The van der Waals surface area contributed by atoms with E-state index in [9.17, 15) is 4.79 Å². The van der Waals surface area contributed by atoms with Gasteiger partial charge in [-0.2, -0.15) is 15.4 Å². The van der Waals surface area contributed by atoms with Gasteiger partial charge in [-0.3, -0.25) is 10.1 Å². The molecule has 6 heteroatoms. The normalized spacial score (nSPS) is 26.4. The van der Waals surface area contributed by atoms with E-state index in [2.05, 4.69) is 26.0 Å². The zero-order valence-corrected chi connectivity index (χ0v) is 8.87. The molecule has 3 N–H and O–H groups in total. The van der Waals surface area contributed by atoms with E-state index in [-0.39, 0.29) is 18.0 Å². The minimum atomic E-state index is -0.125. The van der Waals surface area contributed by atoms with Gasteiger partial charge in [0, 0.05) is 6.54 Å². The van der Waals surface area contributed by atoms with E-state index in [1.807, 2.05) is 13.8 Å². The van der Waals surface area contributed by atoms with Crippen molar-refractivity contribution < 1.29 is 4.79 Å². The summed E-state index contributed by atoms with van der Waals surface area (Å²) in [6.45, 7) is 4.45. The fraction of sp³-hybridized carbons (Fsp3) is 0.667. The lowest BCUT2D eigenvalue weighted by atomic mass is 10.1. The molecule has 0 radical (unpaired) electrons. The summed E-state index contributed by atoms with van der Waals surface area (Å²) in [6.07, 6.45) is 0.777. The number of hydrogen-bond acceptors (Lipinski definition) is 4. The largest absolute Gasteiger partial charge is 0.353 e. The van der Waals surface area contributed by atoms with Crippen LogP contribution >= 0.6 is 0 Å². The first-order chi connectivity index (χ1) is 7.22. The maximum atomic E-state index is 11.4. The average Bonchev–Trinajstić information content (AvgIpc) is 2.65. The van der Waals surface area contributed by atoms with E-state index in [4.69, 9.17) is 0 Å². The third-order valence-corrected chi connectivity index (χ3v) is 2.70. The lowest BCUT2D eigenvalue weighted by molar-refractivity contribution is -0.125. The number of aryl methyl sites for hydroxylation is 1. The predicted octanol–water partition coefficient (Wildman–Crippen LogP) is -0.348. The number of carbonyl (C=O) groups excluding carboxylic acids is 1. The highest BCUT2D eigenvalue weighted by molar-refractivity contribution is 5.82. The maximum Gasteiger partial charge on any atom is 0.237 e. The van der Waals surface area contributed by atoms with Gasteiger partial charge in [0.1, 0.15) is 5.69 Å². The molecule has 1 fully saturated rings. The summed E-state index contributed by atoms with van der Waals surface area (Å²) in [5.41, 5.74) is 1.76. The Labute approximate surface area is 87.8 Å². The second-order valence-electron chi connectivity index (χ2n) is 3.72. The molecule has 0 saturated carbocycles. The summed E-state index contributed by atoms with van der Waals surface area (Å²) in [7, 11) is 0. The van der Waals surface area contributed by atoms with Crippen molar-refractivity contribution in [2.24, 2.45) is 0 Å². The van der Waals surface area contributed by atoms with E-state index in [1.54, 1.807) is 0 Å². The lowest BCUT2D eigenvalue weighted by Gasteiger charge is -2.29. The number of piperazine rings is 1. The van der Waals surface area contributed by atoms with Crippen LogP contribution in [0.3, 0.4) is 0 Å². The van der Waals surface area contributed by atoms with Crippen LogP contribution < -0.4 is 10.6 Å². The van der Waals surface area contributed by atoms with Gasteiger partial charge in [-0.15, -0.1) is 0 Å². The number of hydrogen-bond donors (Lipinski definition) is 3. The van der Waals surface area contributed by atoms with E-state index < -0.39 is 0 Å². The van der Waals surface area contributed by atoms with Crippen molar-refractivity contribution in [2.45, 2.75) is 32.4 Å². The topological polar surface area (TPSA) is 82.7 Å². The van der Waals surface area contributed by atoms with Crippen molar-refractivity contribution in [1.82, 2.24) is 26.0 Å². The van der Waals surface area contributed by atoms with Crippen molar-refractivity contribution in [2.75, 3.05) is 6.54 Å². The van der Waals surface area contributed by atoms with Crippen LogP contribution in [0.5, 0.6) is 0 Å². The van der Waals surface area contributed by atoms with Crippen molar-refractivity contribution >= 4 is 5.91 Å². The molecule has 6 nitrogen and oxygen atoms in total. The molecule has 1 amide bonds. The number of nitrogens with zero attached hydrogens (tertiary/aromatic N) is 2. The third-order valence-electron chi connectivity index (χ3n) is 2.70. The first-order valence-corrected chi connectivity index (χ1v) is 5.13. The highest BCUT2D eigenvalue weighted by Gasteiger charge is 2.29. The molecule has 1 aromatic rings. The number of amides is 1. The first kappa shape index (κ1) is 10.1. The molecule has 0 bridgehead atoms.